The summed E-state index contributed by atoms with van der Waals surface area (Å²) in [4.78, 5) is 5.59. The molecule has 0 bridgehead atoms. The summed E-state index contributed by atoms with van der Waals surface area (Å²) >= 11 is 7.71. The van der Waals surface area contributed by atoms with Gasteiger partial charge in [0.25, 0.3) is 0 Å². The minimum Gasteiger partial charge on any atom is -0.376 e. The van der Waals surface area contributed by atoms with Crippen molar-refractivity contribution in [3.05, 3.63) is 58.2 Å². The van der Waals surface area contributed by atoms with Crippen molar-refractivity contribution in [1.29, 1.82) is 0 Å². The lowest BCUT2D eigenvalue weighted by molar-refractivity contribution is 0.902. The van der Waals surface area contributed by atoms with Crippen LogP contribution in [-0.2, 0) is 0 Å². The van der Waals surface area contributed by atoms with Gasteiger partial charge < -0.3 is 5.32 Å². The SMILES string of the molecule is Cc1nc(Cl)ccc1NC(C)c1cc2ccccc2s1. The van der Waals surface area contributed by atoms with Gasteiger partial charge in [0.05, 0.1) is 17.4 Å². The van der Waals surface area contributed by atoms with Crippen LogP contribution in [0.5, 0.6) is 0 Å². The van der Waals surface area contributed by atoms with Gasteiger partial charge in [-0.2, -0.15) is 0 Å². The molecule has 0 fully saturated rings. The van der Waals surface area contributed by atoms with Gasteiger partial charge in [-0.25, -0.2) is 4.98 Å². The van der Waals surface area contributed by atoms with Crippen LogP contribution in [0.4, 0.5) is 5.69 Å². The number of benzene rings is 1. The van der Waals surface area contributed by atoms with Gasteiger partial charge in [0, 0.05) is 9.58 Å². The van der Waals surface area contributed by atoms with E-state index >= 15 is 0 Å². The van der Waals surface area contributed by atoms with E-state index in [1.54, 1.807) is 0 Å². The van der Waals surface area contributed by atoms with Crippen molar-refractivity contribution < 1.29 is 0 Å². The van der Waals surface area contributed by atoms with Gasteiger partial charge >= 0.3 is 0 Å². The molecule has 1 atom stereocenters. The van der Waals surface area contributed by atoms with Crippen molar-refractivity contribution >= 4 is 38.7 Å². The summed E-state index contributed by atoms with van der Waals surface area (Å²) in [5.41, 5.74) is 1.95. The third-order valence-corrected chi connectivity index (χ3v) is 4.80. The molecule has 0 aliphatic heterocycles. The lowest BCUT2D eigenvalue weighted by atomic mass is 10.2. The first-order chi connectivity index (χ1) is 9.63. The topological polar surface area (TPSA) is 24.9 Å². The molecule has 2 nitrogen and oxygen atoms in total. The number of hydrogen-bond acceptors (Lipinski definition) is 3. The summed E-state index contributed by atoms with van der Waals surface area (Å²) in [7, 11) is 0. The molecule has 0 amide bonds. The molecule has 1 unspecified atom stereocenters. The number of halogens is 1. The van der Waals surface area contributed by atoms with E-state index in [9.17, 15) is 0 Å². The molecule has 4 heteroatoms. The van der Waals surface area contributed by atoms with E-state index in [1.807, 2.05) is 30.4 Å². The third-order valence-electron chi connectivity index (χ3n) is 3.30. The molecule has 3 rings (SSSR count). The monoisotopic (exact) mass is 302 g/mol. The quantitative estimate of drug-likeness (QED) is 0.652. The zero-order valence-corrected chi connectivity index (χ0v) is 12.9. The second-order valence-corrected chi connectivity index (χ2v) is 6.32. The second kappa shape index (κ2) is 5.43. The summed E-state index contributed by atoms with van der Waals surface area (Å²) in [6.45, 7) is 4.13. The molecule has 0 spiro atoms. The molecule has 2 heterocycles. The zero-order chi connectivity index (χ0) is 14.1. The molecule has 102 valence electrons. The number of anilines is 1. The van der Waals surface area contributed by atoms with Crippen molar-refractivity contribution in [3.63, 3.8) is 0 Å². The summed E-state index contributed by atoms with van der Waals surface area (Å²) in [6, 6.07) is 14.7. The maximum atomic E-state index is 5.89. The lowest BCUT2D eigenvalue weighted by Crippen LogP contribution is -2.06. The fourth-order valence-electron chi connectivity index (χ4n) is 2.20. The Morgan fingerprint density at radius 3 is 2.75 bits per heavy atom. The molecular formula is C16H15ClN2S. The van der Waals surface area contributed by atoms with Gasteiger partial charge in [-0.3, -0.25) is 0 Å². The number of rotatable bonds is 3. The van der Waals surface area contributed by atoms with Crippen LogP contribution in [0.2, 0.25) is 5.15 Å². The van der Waals surface area contributed by atoms with Crippen LogP contribution >= 0.6 is 22.9 Å². The number of aromatic nitrogens is 1. The Morgan fingerprint density at radius 2 is 2.00 bits per heavy atom. The highest BCUT2D eigenvalue weighted by Gasteiger charge is 2.11. The molecule has 20 heavy (non-hydrogen) atoms. The van der Waals surface area contributed by atoms with E-state index in [0.717, 1.165) is 11.4 Å². The molecule has 0 aliphatic rings. The Morgan fingerprint density at radius 1 is 1.20 bits per heavy atom. The zero-order valence-electron chi connectivity index (χ0n) is 11.4. The molecule has 0 saturated heterocycles. The van der Waals surface area contributed by atoms with Crippen LogP contribution in [0, 0.1) is 6.92 Å². The minimum atomic E-state index is 0.245. The number of hydrogen-bond donors (Lipinski definition) is 1. The van der Waals surface area contributed by atoms with Crippen LogP contribution < -0.4 is 5.32 Å². The van der Waals surface area contributed by atoms with Gasteiger partial charge in [0.15, 0.2) is 0 Å². The van der Waals surface area contributed by atoms with E-state index in [1.165, 1.54) is 15.0 Å². The second-order valence-electron chi connectivity index (χ2n) is 4.82. The molecule has 1 aromatic carbocycles. The maximum absolute atomic E-state index is 5.89. The Bertz CT molecular complexity index is 718. The molecule has 3 aromatic rings. The number of aryl methyl sites for hydroxylation is 1. The highest BCUT2D eigenvalue weighted by molar-refractivity contribution is 7.19. The number of nitrogens with one attached hydrogen (secondary N) is 1. The largest absolute Gasteiger partial charge is 0.376 e. The van der Waals surface area contributed by atoms with E-state index in [2.05, 4.69) is 47.6 Å². The Hall–Kier alpha value is -1.58. The van der Waals surface area contributed by atoms with Crippen molar-refractivity contribution in [2.24, 2.45) is 0 Å². The molecule has 0 saturated carbocycles. The standard InChI is InChI=1S/C16H15ClN2S/c1-10-13(7-8-16(17)19-10)18-11(2)15-9-12-5-3-4-6-14(12)20-15/h3-9,11,18H,1-2H3. The average Bonchev–Trinajstić information content (AvgIpc) is 2.86. The summed E-state index contributed by atoms with van der Waals surface area (Å²) in [5, 5.41) is 5.33. The molecule has 2 aromatic heterocycles. The Labute approximate surface area is 127 Å². The smallest absolute Gasteiger partial charge is 0.129 e. The number of fused-ring (bicyclic) bond motifs is 1. The third kappa shape index (κ3) is 2.65. The first kappa shape index (κ1) is 13.4. The van der Waals surface area contributed by atoms with Crippen molar-refractivity contribution in [2.75, 3.05) is 5.32 Å². The maximum Gasteiger partial charge on any atom is 0.129 e. The van der Waals surface area contributed by atoms with Gasteiger partial charge in [-0.1, -0.05) is 29.8 Å². The predicted molar refractivity (Wildman–Crippen MR) is 87.8 cm³/mol. The van der Waals surface area contributed by atoms with Crippen molar-refractivity contribution in [2.45, 2.75) is 19.9 Å². The van der Waals surface area contributed by atoms with Crippen LogP contribution in [0.1, 0.15) is 23.5 Å². The van der Waals surface area contributed by atoms with Gasteiger partial charge in [0.1, 0.15) is 5.15 Å². The number of pyridine rings is 1. The lowest BCUT2D eigenvalue weighted by Gasteiger charge is -2.15. The van der Waals surface area contributed by atoms with E-state index in [0.29, 0.717) is 5.15 Å². The van der Waals surface area contributed by atoms with Gasteiger partial charge in [-0.05, 0) is 43.5 Å². The average molecular weight is 303 g/mol. The predicted octanol–water partition coefficient (Wildman–Crippen LogP) is 5.43. The summed E-state index contributed by atoms with van der Waals surface area (Å²) in [5.74, 6) is 0. The number of nitrogens with zero attached hydrogens (tertiary/aromatic N) is 1. The Balaban J connectivity index is 1.86. The number of thiophene rings is 1. The first-order valence-corrected chi connectivity index (χ1v) is 7.71. The summed E-state index contributed by atoms with van der Waals surface area (Å²) < 4.78 is 1.32. The van der Waals surface area contributed by atoms with Crippen LogP contribution in [0.15, 0.2) is 42.5 Å². The van der Waals surface area contributed by atoms with E-state index < -0.39 is 0 Å². The van der Waals surface area contributed by atoms with Crippen molar-refractivity contribution in [1.82, 2.24) is 4.98 Å². The molecular weight excluding hydrogens is 288 g/mol. The van der Waals surface area contributed by atoms with Crippen LogP contribution in [0.3, 0.4) is 0 Å². The molecule has 0 aliphatic carbocycles. The van der Waals surface area contributed by atoms with Gasteiger partial charge in [-0.15, -0.1) is 11.3 Å². The Kier molecular flexibility index (Phi) is 3.64. The fourth-order valence-corrected chi connectivity index (χ4v) is 3.46. The highest BCUT2D eigenvalue weighted by atomic mass is 35.5. The molecule has 1 N–H and O–H groups in total. The highest BCUT2D eigenvalue weighted by Crippen LogP contribution is 2.31. The fraction of sp³-hybridized carbons (Fsp3) is 0.188. The summed E-state index contributed by atoms with van der Waals surface area (Å²) in [6.07, 6.45) is 0. The van der Waals surface area contributed by atoms with E-state index in [-0.39, 0.29) is 6.04 Å². The first-order valence-electron chi connectivity index (χ1n) is 6.51. The van der Waals surface area contributed by atoms with Crippen LogP contribution in [0.25, 0.3) is 10.1 Å². The molecule has 0 radical (unpaired) electrons. The minimum absolute atomic E-state index is 0.245. The van der Waals surface area contributed by atoms with Gasteiger partial charge in [0.2, 0.25) is 0 Å². The normalized spacial score (nSPS) is 12.6. The van der Waals surface area contributed by atoms with Crippen molar-refractivity contribution in [3.8, 4) is 0 Å². The van der Waals surface area contributed by atoms with E-state index in [4.69, 9.17) is 11.6 Å². The van der Waals surface area contributed by atoms with Crippen LogP contribution in [-0.4, -0.2) is 4.98 Å².